The van der Waals surface area contributed by atoms with Crippen LogP contribution < -0.4 is 10.1 Å². The van der Waals surface area contributed by atoms with Crippen molar-refractivity contribution in [3.05, 3.63) is 94.0 Å². The van der Waals surface area contributed by atoms with Gasteiger partial charge in [-0.05, 0) is 54.8 Å². The first kappa shape index (κ1) is 17.4. The van der Waals surface area contributed by atoms with E-state index in [1.54, 1.807) is 0 Å². The molecule has 0 radical (unpaired) electrons. The molecular weight excluding hydrogens is 330 g/mol. The summed E-state index contributed by atoms with van der Waals surface area (Å²) in [6.07, 6.45) is 0. The second-order valence-electron chi connectivity index (χ2n) is 6.20. The Morgan fingerprint density at radius 1 is 0.920 bits per heavy atom. The Labute approximate surface area is 154 Å². The van der Waals surface area contributed by atoms with Gasteiger partial charge < -0.3 is 10.1 Å². The van der Waals surface area contributed by atoms with Gasteiger partial charge in [-0.15, -0.1) is 0 Å². The number of hydrogen-bond acceptors (Lipinski definition) is 2. The van der Waals surface area contributed by atoms with E-state index in [0.717, 1.165) is 22.6 Å². The Bertz CT molecular complexity index is 846. The van der Waals surface area contributed by atoms with Gasteiger partial charge in [0, 0.05) is 22.8 Å². The van der Waals surface area contributed by atoms with Crippen molar-refractivity contribution in [3.63, 3.8) is 0 Å². The molecule has 0 aliphatic rings. The summed E-state index contributed by atoms with van der Waals surface area (Å²) in [5.74, 6) is 0.853. The van der Waals surface area contributed by atoms with E-state index in [1.165, 1.54) is 11.1 Å². The highest BCUT2D eigenvalue weighted by Gasteiger charge is 2.07. The van der Waals surface area contributed by atoms with Crippen molar-refractivity contribution in [3.8, 4) is 5.75 Å². The van der Waals surface area contributed by atoms with E-state index in [0.29, 0.717) is 18.2 Å². The molecule has 0 bridgehead atoms. The van der Waals surface area contributed by atoms with Crippen LogP contribution in [0.2, 0.25) is 5.02 Å². The largest absolute Gasteiger partial charge is 0.489 e. The van der Waals surface area contributed by atoms with Crippen LogP contribution in [0.4, 0.5) is 5.69 Å². The van der Waals surface area contributed by atoms with Crippen molar-refractivity contribution >= 4 is 17.3 Å². The van der Waals surface area contributed by atoms with E-state index < -0.39 is 0 Å². The molecule has 3 aromatic carbocycles. The minimum atomic E-state index is 0.541. The first-order chi connectivity index (χ1) is 12.1. The molecule has 0 spiro atoms. The fourth-order valence-electron chi connectivity index (χ4n) is 2.68. The number of benzene rings is 3. The van der Waals surface area contributed by atoms with Crippen LogP contribution in [0.15, 0.2) is 66.7 Å². The molecule has 0 aliphatic carbocycles. The molecule has 0 heterocycles. The van der Waals surface area contributed by atoms with E-state index in [9.17, 15) is 0 Å². The van der Waals surface area contributed by atoms with Gasteiger partial charge in [0.2, 0.25) is 0 Å². The van der Waals surface area contributed by atoms with Crippen LogP contribution in [0.1, 0.15) is 22.3 Å². The van der Waals surface area contributed by atoms with Crippen molar-refractivity contribution in [2.45, 2.75) is 27.0 Å². The molecule has 25 heavy (non-hydrogen) atoms. The van der Waals surface area contributed by atoms with Crippen molar-refractivity contribution in [2.24, 2.45) is 0 Å². The number of hydrogen-bond donors (Lipinski definition) is 1. The van der Waals surface area contributed by atoms with Gasteiger partial charge in [0.15, 0.2) is 0 Å². The van der Waals surface area contributed by atoms with Crippen LogP contribution in [0.3, 0.4) is 0 Å². The number of nitrogens with one attached hydrogen (secondary N) is 1. The summed E-state index contributed by atoms with van der Waals surface area (Å²) >= 11 is 6.19. The van der Waals surface area contributed by atoms with Crippen LogP contribution in [0, 0.1) is 13.8 Å². The average molecular weight is 352 g/mol. The Balaban J connectivity index is 1.73. The van der Waals surface area contributed by atoms with Gasteiger partial charge in [0.25, 0.3) is 0 Å². The first-order valence-corrected chi connectivity index (χ1v) is 8.76. The molecule has 3 aromatic rings. The molecule has 0 aliphatic heterocycles. The van der Waals surface area contributed by atoms with Crippen molar-refractivity contribution in [1.29, 1.82) is 0 Å². The summed E-state index contributed by atoms with van der Waals surface area (Å²) in [5.41, 5.74) is 5.78. The normalized spacial score (nSPS) is 10.5. The number of ether oxygens (including phenoxy) is 1. The Hall–Kier alpha value is -2.45. The van der Waals surface area contributed by atoms with Gasteiger partial charge in [0.05, 0.1) is 0 Å². The van der Waals surface area contributed by atoms with Crippen LogP contribution in [0.5, 0.6) is 5.75 Å². The highest BCUT2D eigenvalue weighted by molar-refractivity contribution is 6.30. The van der Waals surface area contributed by atoms with Crippen molar-refractivity contribution in [1.82, 2.24) is 0 Å². The van der Waals surface area contributed by atoms with E-state index in [4.69, 9.17) is 16.3 Å². The molecule has 0 saturated heterocycles. The molecule has 0 aromatic heterocycles. The smallest absolute Gasteiger partial charge is 0.124 e. The van der Waals surface area contributed by atoms with Gasteiger partial charge in [-0.2, -0.15) is 0 Å². The topological polar surface area (TPSA) is 21.3 Å². The lowest BCUT2D eigenvalue weighted by molar-refractivity contribution is 0.303. The summed E-state index contributed by atoms with van der Waals surface area (Å²) < 4.78 is 6.02. The summed E-state index contributed by atoms with van der Waals surface area (Å²) in [4.78, 5) is 0. The molecule has 0 amide bonds. The number of aryl methyl sites for hydroxylation is 2. The Morgan fingerprint density at radius 2 is 1.72 bits per heavy atom. The standard InChI is InChI=1S/C22H22ClNO/c1-16-8-9-17(2)21(12-16)24-14-19-13-20(23)10-11-22(19)25-15-18-6-4-3-5-7-18/h3-13,24H,14-15H2,1-2H3. The number of rotatable bonds is 6. The van der Waals surface area contributed by atoms with Gasteiger partial charge in [-0.3, -0.25) is 0 Å². The van der Waals surface area contributed by atoms with E-state index in [1.807, 2.05) is 36.4 Å². The highest BCUT2D eigenvalue weighted by atomic mass is 35.5. The minimum absolute atomic E-state index is 0.541. The van der Waals surface area contributed by atoms with Gasteiger partial charge in [-0.1, -0.05) is 54.1 Å². The lowest BCUT2D eigenvalue weighted by Gasteiger charge is -2.15. The number of anilines is 1. The molecule has 0 atom stereocenters. The lowest BCUT2D eigenvalue weighted by atomic mass is 10.1. The molecule has 3 heteroatoms. The SMILES string of the molecule is Cc1ccc(C)c(NCc2cc(Cl)ccc2OCc2ccccc2)c1. The number of halogens is 1. The molecule has 2 nitrogen and oxygen atoms in total. The van der Waals surface area contributed by atoms with Crippen LogP contribution >= 0.6 is 11.6 Å². The molecule has 0 fully saturated rings. The van der Waals surface area contributed by atoms with Crippen LogP contribution in [-0.2, 0) is 13.2 Å². The summed E-state index contributed by atoms with van der Waals surface area (Å²) in [7, 11) is 0. The minimum Gasteiger partial charge on any atom is -0.489 e. The van der Waals surface area contributed by atoms with Gasteiger partial charge in [-0.25, -0.2) is 0 Å². The maximum absolute atomic E-state index is 6.19. The highest BCUT2D eigenvalue weighted by Crippen LogP contribution is 2.26. The maximum atomic E-state index is 6.19. The molecular formula is C22H22ClNO. The molecule has 3 rings (SSSR count). The summed E-state index contributed by atoms with van der Waals surface area (Å²) in [6.45, 7) is 5.40. The van der Waals surface area contributed by atoms with Crippen molar-refractivity contribution < 1.29 is 4.74 Å². The third-order valence-corrected chi connectivity index (χ3v) is 4.36. The first-order valence-electron chi connectivity index (χ1n) is 8.38. The predicted molar refractivity (Wildman–Crippen MR) is 105 cm³/mol. The fraction of sp³-hybridized carbons (Fsp3) is 0.182. The zero-order chi connectivity index (χ0) is 17.6. The molecule has 128 valence electrons. The van der Waals surface area contributed by atoms with E-state index in [-0.39, 0.29) is 0 Å². The van der Waals surface area contributed by atoms with E-state index in [2.05, 4.69) is 49.5 Å². The maximum Gasteiger partial charge on any atom is 0.124 e. The molecule has 0 saturated carbocycles. The second-order valence-corrected chi connectivity index (χ2v) is 6.63. The quantitative estimate of drug-likeness (QED) is 0.575. The monoisotopic (exact) mass is 351 g/mol. The third kappa shape index (κ3) is 4.77. The Kier molecular flexibility index (Phi) is 5.62. The predicted octanol–water partition coefficient (Wildman–Crippen LogP) is 6.15. The van der Waals surface area contributed by atoms with Gasteiger partial charge in [0.1, 0.15) is 12.4 Å². The second kappa shape index (κ2) is 8.09. The van der Waals surface area contributed by atoms with Gasteiger partial charge >= 0.3 is 0 Å². The fourth-order valence-corrected chi connectivity index (χ4v) is 2.87. The Morgan fingerprint density at radius 3 is 2.52 bits per heavy atom. The lowest BCUT2D eigenvalue weighted by Crippen LogP contribution is -2.05. The third-order valence-electron chi connectivity index (χ3n) is 4.12. The van der Waals surface area contributed by atoms with Crippen LogP contribution in [-0.4, -0.2) is 0 Å². The van der Waals surface area contributed by atoms with Crippen LogP contribution in [0.25, 0.3) is 0 Å². The summed E-state index contributed by atoms with van der Waals surface area (Å²) in [6, 6.07) is 22.3. The molecule has 1 N–H and O–H groups in total. The average Bonchev–Trinajstić information content (AvgIpc) is 2.62. The zero-order valence-electron chi connectivity index (χ0n) is 14.6. The molecule has 0 unspecified atom stereocenters. The van der Waals surface area contributed by atoms with E-state index >= 15 is 0 Å². The zero-order valence-corrected chi connectivity index (χ0v) is 15.3. The summed E-state index contributed by atoms with van der Waals surface area (Å²) in [5, 5.41) is 4.21. The van der Waals surface area contributed by atoms with Crippen molar-refractivity contribution in [2.75, 3.05) is 5.32 Å².